The number of amides is 2. The molecule has 2 saturated heterocycles. The van der Waals surface area contributed by atoms with E-state index in [0.29, 0.717) is 19.6 Å². The Morgan fingerprint density at radius 2 is 2.38 bits per heavy atom. The van der Waals surface area contributed by atoms with Crippen molar-refractivity contribution in [3.05, 3.63) is 24.2 Å². The van der Waals surface area contributed by atoms with Gasteiger partial charge in [-0.3, -0.25) is 9.59 Å². The number of hydrogen-bond acceptors (Lipinski definition) is 4. The fraction of sp³-hybridized carbons (Fsp3) is 0.600. The first-order valence-electron chi connectivity index (χ1n) is 7.42. The molecule has 3 rings (SSSR count). The second-order valence-corrected chi connectivity index (χ2v) is 5.63. The molecule has 0 saturated carbocycles. The predicted molar refractivity (Wildman–Crippen MR) is 74.2 cm³/mol. The van der Waals surface area contributed by atoms with Crippen LogP contribution < -0.4 is 5.32 Å². The summed E-state index contributed by atoms with van der Waals surface area (Å²) >= 11 is 0. The largest absolute Gasteiger partial charge is 0.467 e. The third-order valence-electron chi connectivity index (χ3n) is 4.04. The highest BCUT2D eigenvalue weighted by Crippen LogP contribution is 2.21. The van der Waals surface area contributed by atoms with Crippen molar-refractivity contribution in [2.75, 3.05) is 19.7 Å². The van der Waals surface area contributed by atoms with Gasteiger partial charge in [0.1, 0.15) is 5.76 Å². The lowest BCUT2D eigenvalue weighted by Crippen LogP contribution is -2.37. The summed E-state index contributed by atoms with van der Waals surface area (Å²) < 4.78 is 10.7. The number of nitrogens with zero attached hydrogens (tertiary/aromatic N) is 1. The fourth-order valence-electron chi connectivity index (χ4n) is 2.86. The van der Waals surface area contributed by atoms with Gasteiger partial charge in [0.05, 0.1) is 24.8 Å². The number of carbonyl (C=O) groups excluding carboxylic acids is 2. The van der Waals surface area contributed by atoms with Crippen LogP contribution in [0.2, 0.25) is 0 Å². The maximum atomic E-state index is 12.1. The van der Waals surface area contributed by atoms with Crippen molar-refractivity contribution < 1.29 is 18.7 Å². The smallest absolute Gasteiger partial charge is 0.225 e. The van der Waals surface area contributed by atoms with Crippen LogP contribution in [0.5, 0.6) is 0 Å². The lowest BCUT2D eigenvalue weighted by molar-refractivity contribution is -0.129. The van der Waals surface area contributed by atoms with Crippen molar-refractivity contribution in [3.8, 4) is 0 Å². The molecule has 3 heterocycles. The van der Waals surface area contributed by atoms with E-state index >= 15 is 0 Å². The number of furan rings is 1. The molecule has 2 aliphatic rings. The van der Waals surface area contributed by atoms with Crippen molar-refractivity contribution in [3.63, 3.8) is 0 Å². The molecule has 0 spiro atoms. The van der Waals surface area contributed by atoms with E-state index in [1.807, 2.05) is 6.07 Å². The van der Waals surface area contributed by atoms with Crippen molar-refractivity contribution in [2.45, 2.75) is 31.9 Å². The summed E-state index contributed by atoms with van der Waals surface area (Å²) in [6.07, 6.45) is 4.04. The number of rotatable bonds is 5. The zero-order chi connectivity index (χ0) is 14.7. The number of likely N-dealkylation sites (tertiary alicyclic amines) is 1. The molecular formula is C15H20N2O4. The Balaban J connectivity index is 1.47. The summed E-state index contributed by atoms with van der Waals surface area (Å²) in [6.45, 7) is 2.21. The van der Waals surface area contributed by atoms with Crippen LogP contribution in [0.25, 0.3) is 0 Å². The summed E-state index contributed by atoms with van der Waals surface area (Å²) in [5.74, 6) is 0.419. The minimum atomic E-state index is -0.270. The van der Waals surface area contributed by atoms with Crippen LogP contribution >= 0.6 is 0 Å². The molecule has 2 aliphatic heterocycles. The average Bonchev–Trinajstić information content (AvgIpc) is 3.20. The van der Waals surface area contributed by atoms with Gasteiger partial charge in [0.25, 0.3) is 0 Å². The molecule has 0 aliphatic carbocycles. The van der Waals surface area contributed by atoms with E-state index < -0.39 is 0 Å². The summed E-state index contributed by atoms with van der Waals surface area (Å²) in [5.41, 5.74) is 0. The Morgan fingerprint density at radius 3 is 3.10 bits per heavy atom. The van der Waals surface area contributed by atoms with Gasteiger partial charge in [0.2, 0.25) is 11.8 Å². The molecule has 114 valence electrons. The van der Waals surface area contributed by atoms with Gasteiger partial charge in [-0.25, -0.2) is 0 Å². The van der Waals surface area contributed by atoms with Crippen LogP contribution in [-0.4, -0.2) is 42.5 Å². The van der Waals surface area contributed by atoms with Gasteiger partial charge in [-0.2, -0.15) is 0 Å². The fourth-order valence-corrected chi connectivity index (χ4v) is 2.86. The SMILES string of the molecule is O=C(NC[C@@H]1CCCO1)[C@@H]1CC(=O)N(Cc2ccco2)C1. The van der Waals surface area contributed by atoms with Crippen LogP contribution in [-0.2, 0) is 20.9 Å². The Kier molecular flexibility index (Phi) is 4.24. The number of ether oxygens (including phenoxy) is 1. The van der Waals surface area contributed by atoms with Crippen molar-refractivity contribution in [1.29, 1.82) is 0 Å². The first-order valence-corrected chi connectivity index (χ1v) is 7.42. The highest BCUT2D eigenvalue weighted by molar-refractivity contribution is 5.89. The normalized spacial score (nSPS) is 25.5. The van der Waals surface area contributed by atoms with Crippen LogP contribution in [0.4, 0.5) is 0 Å². The number of hydrogen-bond donors (Lipinski definition) is 1. The highest BCUT2D eigenvalue weighted by Gasteiger charge is 2.34. The summed E-state index contributed by atoms with van der Waals surface area (Å²) in [7, 11) is 0. The number of carbonyl (C=O) groups is 2. The second-order valence-electron chi connectivity index (χ2n) is 5.63. The Labute approximate surface area is 123 Å². The average molecular weight is 292 g/mol. The lowest BCUT2D eigenvalue weighted by atomic mass is 10.1. The van der Waals surface area contributed by atoms with E-state index in [0.717, 1.165) is 25.2 Å². The van der Waals surface area contributed by atoms with E-state index in [2.05, 4.69) is 5.32 Å². The molecule has 1 N–H and O–H groups in total. The molecular weight excluding hydrogens is 272 g/mol. The van der Waals surface area contributed by atoms with Gasteiger partial charge >= 0.3 is 0 Å². The molecule has 2 fully saturated rings. The van der Waals surface area contributed by atoms with Crippen LogP contribution in [0.15, 0.2) is 22.8 Å². The van der Waals surface area contributed by atoms with E-state index in [1.165, 1.54) is 0 Å². The molecule has 1 aromatic rings. The highest BCUT2D eigenvalue weighted by atomic mass is 16.5. The lowest BCUT2D eigenvalue weighted by Gasteiger charge is -2.16. The van der Waals surface area contributed by atoms with Crippen LogP contribution in [0, 0.1) is 5.92 Å². The molecule has 0 aromatic carbocycles. The summed E-state index contributed by atoms with van der Waals surface area (Å²) in [5, 5.41) is 2.90. The van der Waals surface area contributed by atoms with Gasteiger partial charge in [-0.05, 0) is 25.0 Å². The van der Waals surface area contributed by atoms with Crippen molar-refractivity contribution >= 4 is 11.8 Å². The molecule has 2 atom stereocenters. The molecule has 0 bridgehead atoms. The maximum absolute atomic E-state index is 12.1. The van der Waals surface area contributed by atoms with Gasteiger partial charge in [-0.15, -0.1) is 0 Å². The van der Waals surface area contributed by atoms with Crippen LogP contribution in [0.3, 0.4) is 0 Å². The molecule has 2 amide bonds. The topological polar surface area (TPSA) is 71.8 Å². The Bertz CT molecular complexity index is 494. The first kappa shape index (κ1) is 14.1. The summed E-state index contributed by atoms with van der Waals surface area (Å²) in [4.78, 5) is 25.8. The Morgan fingerprint density at radius 1 is 1.48 bits per heavy atom. The van der Waals surface area contributed by atoms with Gasteiger partial charge < -0.3 is 19.4 Å². The first-order chi connectivity index (χ1) is 10.2. The monoisotopic (exact) mass is 292 g/mol. The Hall–Kier alpha value is -1.82. The molecule has 6 nitrogen and oxygen atoms in total. The van der Waals surface area contributed by atoms with Crippen molar-refractivity contribution in [1.82, 2.24) is 10.2 Å². The molecule has 0 radical (unpaired) electrons. The maximum Gasteiger partial charge on any atom is 0.225 e. The van der Waals surface area contributed by atoms with Crippen LogP contribution in [0.1, 0.15) is 25.0 Å². The third-order valence-corrected chi connectivity index (χ3v) is 4.04. The molecule has 6 heteroatoms. The predicted octanol–water partition coefficient (Wildman–Crippen LogP) is 0.923. The van der Waals surface area contributed by atoms with Gasteiger partial charge in [-0.1, -0.05) is 0 Å². The number of nitrogens with one attached hydrogen (secondary N) is 1. The molecule has 1 aromatic heterocycles. The van der Waals surface area contributed by atoms with E-state index in [4.69, 9.17) is 9.15 Å². The van der Waals surface area contributed by atoms with Gasteiger partial charge in [0, 0.05) is 26.1 Å². The molecule has 21 heavy (non-hydrogen) atoms. The minimum Gasteiger partial charge on any atom is -0.467 e. The second kappa shape index (κ2) is 6.30. The van der Waals surface area contributed by atoms with Crippen molar-refractivity contribution in [2.24, 2.45) is 5.92 Å². The molecule has 0 unspecified atom stereocenters. The minimum absolute atomic E-state index is 0.00339. The van der Waals surface area contributed by atoms with E-state index in [9.17, 15) is 9.59 Å². The standard InChI is InChI=1S/C15H20N2O4/c18-14-7-11(9-17(14)10-13-4-2-6-21-13)15(19)16-8-12-3-1-5-20-12/h2,4,6,11-12H,1,3,5,7-10H2,(H,16,19)/t11-,12+/m1/s1. The summed E-state index contributed by atoms with van der Waals surface area (Å²) in [6, 6.07) is 3.62. The van der Waals surface area contributed by atoms with E-state index in [1.54, 1.807) is 17.2 Å². The van der Waals surface area contributed by atoms with Gasteiger partial charge in [0.15, 0.2) is 0 Å². The zero-order valence-corrected chi connectivity index (χ0v) is 11.9. The third kappa shape index (κ3) is 3.44. The quantitative estimate of drug-likeness (QED) is 0.876. The van der Waals surface area contributed by atoms with E-state index in [-0.39, 0.29) is 30.3 Å². The zero-order valence-electron chi connectivity index (χ0n) is 11.9.